The molecule has 1 aliphatic heterocycles. The third-order valence-corrected chi connectivity index (χ3v) is 4.32. The zero-order valence-corrected chi connectivity index (χ0v) is 11.5. The summed E-state index contributed by atoms with van der Waals surface area (Å²) in [7, 11) is 0. The first-order chi connectivity index (χ1) is 7.69. The number of rotatable bonds is 1. The Morgan fingerprint density at radius 3 is 2.31 bits per heavy atom. The molecule has 0 atom stereocenters. The van der Waals surface area contributed by atoms with Crippen LogP contribution in [0.25, 0.3) is 0 Å². The molecule has 2 aliphatic carbocycles. The molecule has 3 fully saturated rings. The van der Waals surface area contributed by atoms with E-state index >= 15 is 0 Å². The SMILES string of the molecule is CC1CC2(CCCN(C3CC3)C2)C1.CCC. The molecular weight excluding hydrogens is 194 g/mol. The fourth-order valence-electron chi connectivity index (χ4n) is 3.75. The van der Waals surface area contributed by atoms with Gasteiger partial charge in [0.05, 0.1) is 0 Å². The molecule has 0 aromatic rings. The Bertz CT molecular complexity index is 208. The van der Waals surface area contributed by atoms with Crippen LogP contribution in [0.1, 0.15) is 65.7 Å². The summed E-state index contributed by atoms with van der Waals surface area (Å²) in [4.78, 5) is 2.79. The van der Waals surface area contributed by atoms with E-state index in [9.17, 15) is 0 Å². The summed E-state index contributed by atoms with van der Waals surface area (Å²) in [5.74, 6) is 1.03. The predicted octanol–water partition coefficient (Wildman–Crippen LogP) is 4.08. The van der Waals surface area contributed by atoms with E-state index in [2.05, 4.69) is 25.7 Å². The second kappa shape index (κ2) is 5.08. The average Bonchev–Trinajstić information content (AvgIpc) is 3.00. The van der Waals surface area contributed by atoms with Gasteiger partial charge in [0, 0.05) is 12.6 Å². The number of nitrogens with zero attached hydrogens (tertiary/aromatic N) is 1. The maximum Gasteiger partial charge on any atom is 0.00966 e. The summed E-state index contributed by atoms with van der Waals surface area (Å²) in [6, 6.07) is 1.01. The Kier molecular flexibility index (Phi) is 3.94. The molecule has 0 unspecified atom stereocenters. The standard InChI is InChI=1S/C12H21N.C3H8/c1-10-7-12(8-10)5-2-6-13(9-12)11-3-4-11;1-3-2/h10-11H,2-9H2,1H3;3H2,1-2H3. The van der Waals surface area contributed by atoms with Gasteiger partial charge in [0.2, 0.25) is 0 Å². The Balaban J connectivity index is 0.000000292. The highest BCUT2D eigenvalue weighted by Crippen LogP contribution is 2.52. The highest BCUT2D eigenvalue weighted by Gasteiger charge is 2.46. The average molecular weight is 223 g/mol. The normalized spacial score (nSPS) is 38.8. The van der Waals surface area contributed by atoms with E-state index in [1.54, 1.807) is 0 Å². The lowest BCUT2D eigenvalue weighted by Gasteiger charge is -2.52. The van der Waals surface area contributed by atoms with Gasteiger partial charge in [0.15, 0.2) is 0 Å². The molecule has 94 valence electrons. The highest BCUT2D eigenvalue weighted by atomic mass is 15.2. The Morgan fingerprint density at radius 2 is 1.81 bits per heavy atom. The summed E-state index contributed by atoms with van der Waals surface area (Å²) < 4.78 is 0. The molecule has 0 amide bonds. The van der Waals surface area contributed by atoms with Gasteiger partial charge in [-0.15, -0.1) is 0 Å². The molecule has 0 aromatic heterocycles. The zero-order valence-electron chi connectivity index (χ0n) is 11.5. The molecular formula is C15H29N. The van der Waals surface area contributed by atoms with Gasteiger partial charge in [-0.05, 0) is 56.4 Å². The van der Waals surface area contributed by atoms with Crippen LogP contribution >= 0.6 is 0 Å². The molecule has 0 N–H and O–H groups in total. The third-order valence-electron chi connectivity index (χ3n) is 4.32. The van der Waals surface area contributed by atoms with Crippen molar-refractivity contribution in [3.63, 3.8) is 0 Å². The maximum absolute atomic E-state index is 2.79. The number of hydrogen-bond donors (Lipinski definition) is 0. The zero-order chi connectivity index (χ0) is 11.6. The van der Waals surface area contributed by atoms with Gasteiger partial charge in [-0.25, -0.2) is 0 Å². The van der Waals surface area contributed by atoms with E-state index in [-0.39, 0.29) is 0 Å². The van der Waals surface area contributed by atoms with Gasteiger partial charge < -0.3 is 0 Å². The molecule has 3 aliphatic rings. The van der Waals surface area contributed by atoms with E-state index in [4.69, 9.17) is 0 Å². The van der Waals surface area contributed by atoms with Gasteiger partial charge in [0.1, 0.15) is 0 Å². The first-order valence-electron chi connectivity index (χ1n) is 7.43. The summed E-state index contributed by atoms with van der Waals surface area (Å²) in [6.45, 7) is 9.52. The predicted molar refractivity (Wildman–Crippen MR) is 70.6 cm³/mol. The van der Waals surface area contributed by atoms with Crippen molar-refractivity contribution in [3.8, 4) is 0 Å². The Labute approximate surface area is 102 Å². The van der Waals surface area contributed by atoms with E-state index < -0.39 is 0 Å². The molecule has 16 heavy (non-hydrogen) atoms. The molecule has 1 spiro atoms. The van der Waals surface area contributed by atoms with Crippen molar-refractivity contribution in [1.29, 1.82) is 0 Å². The third kappa shape index (κ3) is 2.80. The van der Waals surface area contributed by atoms with Gasteiger partial charge in [-0.2, -0.15) is 0 Å². The summed E-state index contributed by atoms with van der Waals surface area (Å²) in [5, 5.41) is 0. The monoisotopic (exact) mass is 223 g/mol. The molecule has 3 rings (SSSR count). The lowest BCUT2D eigenvalue weighted by molar-refractivity contribution is -0.0196. The van der Waals surface area contributed by atoms with Crippen molar-refractivity contribution >= 4 is 0 Å². The Morgan fingerprint density at radius 1 is 1.19 bits per heavy atom. The highest BCUT2D eigenvalue weighted by molar-refractivity contribution is 4.99. The van der Waals surface area contributed by atoms with Gasteiger partial charge in [-0.3, -0.25) is 4.90 Å². The second-order valence-corrected chi connectivity index (χ2v) is 6.53. The van der Waals surface area contributed by atoms with Crippen LogP contribution in [0.2, 0.25) is 0 Å². The van der Waals surface area contributed by atoms with Crippen LogP contribution in [0.4, 0.5) is 0 Å². The molecule has 1 heteroatoms. The van der Waals surface area contributed by atoms with Gasteiger partial charge in [-0.1, -0.05) is 27.2 Å². The van der Waals surface area contributed by atoms with Crippen LogP contribution in [0.5, 0.6) is 0 Å². The maximum atomic E-state index is 2.79. The number of piperidine rings is 1. The largest absolute Gasteiger partial charge is 0.300 e. The second-order valence-electron chi connectivity index (χ2n) is 6.53. The van der Waals surface area contributed by atoms with Crippen LogP contribution < -0.4 is 0 Å². The molecule has 0 aromatic carbocycles. The summed E-state index contributed by atoms with van der Waals surface area (Å²) >= 11 is 0. The van der Waals surface area contributed by atoms with Crippen LogP contribution in [0, 0.1) is 11.3 Å². The summed E-state index contributed by atoms with van der Waals surface area (Å²) in [5.41, 5.74) is 0.792. The number of hydrogen-bond acceptors (Lipinski definition) is 1. The molecule has 1 heterocycles. The topological polar surface area (TPSA) is 3.24 Å². The van der Waals surface area contributed by atoms with Crippen molar-refractivity contribution in [2.45, 2.75) is 71.8 Å². The minimum atomic E-state index is 0.792. The first kappa shape index (κ1) is 12.4. The fraction of sp³-hybridized carbons (Fsp3) is 1.00. The van der Waals surface area contributed by atoms with Gasteiger partial charge in [0.25, 0.3) is 0 Å². The first-order valence-corrected chi connectivity index (χ1v) is 7.43. The van der Waals surface area contributed by atoms with Crippen molar-refractivity contribution in [1.82, 2.24) is 4.90 Å². The van der Waals surface area contributed by atoms with Crippen LogP contribution in [0.3, 0.4) is 0 Å². The minimum absolute atomic E-state index is 0.792. The lowest BCUT2D eigenvalue weighted by Crippen LogP contribution is -2.50. The van der Waals surface area contributed by atoms with E-state index in [0.717, 1.165) is 17.4 Å². The van der Waals surface area contributed by atoms with Gasteiger partial charge >= 0.3 is 0 Å². The number of likely N-dealkylation sites (tertiary alicyclic amines) is 1. The molecule has 0 bridgehead atoms. The van der Waals surface area contributed by atoms with Crippen molar-refractivity contribution < 1.29 is 0 Å². The van der Waals surface area contributed by atoms with Crippen LogP contribution in [-0.4, -0.2) is 24.0 Å². The minimum Gasteiger partial charge on any atom is -0.300 e. The van der Waals surface area contributed by atoms with Crippen LogP contribution in [-0.2, 0) is 0 Å². The van der Waals surface area contributed by atoms with E-state index in [1.807, 2.05) is 0 Å². The van der Waals surface area contributed by atoms with Crippen molar-refractivity contribution in [2.75, 3.05) is 13.1 Å². The quantitative estimate of drug-likeness (QED) is 0.647. The smallest absolute Gasteiger partial charge is 0.00966 e. The van der Waals surface area contributed by atoms with E-state index in [1.165, 1.54) is 58.0 Å². The molecule has 0 radical (unpaired) electrons. The van der Waals surface area contributed by atoms with E-state index in [0.29, 0.717) is 0 Å². The van der Waals surface area contributed by atoms with Crippen LogP contribution in [0.15, 0.2) is 0 Å². The van der Waals surface area contributed by atoms with Crippen molar-refractivity contribution in [2.24, 2.45) is 11.3 Å². The fourth-order valence-corrected chi connectivity index (χ4v) is 3.75. The van der Waals surface area contributed by atoms with Crippen molar-refractivity contribution in [3.05, 3.63) is 0 Å². The lowest BCUT2D eigenvalue weighted by atomic mass is 9.59. The molecule has 1 saturated heterocycles. The Hall–Kier alpha value is -0.0400. The molecule has 2 saturated carbocycles. The molecule has 1 nitrogen and oxygen atoms in total. The summed E-state index contributed by atoms with van der Waals surface area (Å²) in [6.07, 6.45) is 10.3.